The van der Waals surface area contributed by atoms with Crippen molar-refractivity contribution in [3.05, 3.63) is 65.1 Å². The van der Waals surface area contributed by atoms with Crippen LogP contribution in [0.1, 0.15) is 60.5 Å². The molecular formula is C25H27N5O. The molecule has 2 aromatic heterocycles. The lowest BCUT2D eigenvalue weighted by Crippen LogP contribution is -2.13. The molecule has 4 aromatic rings. The van der Waals surface area contributed by atoms with Crippen LogP contribution in [0, 0.1) is 5.92 Å². The summed E-state index contributed by atoms with van der Waals surface area (Å²) in [4.78, 5) is 21.5. The first kappa shape index (κ1) is 19.5. The minimum absolute atomic E-state index is 0.135. The Hall–Kier alpha value is -3.41. The van der Waals surface area contributed by atoms with Gasteiger partial charge < -0.3 is 10.3 Å². The Labute approximate surface area is 181 Å². The number of nitrogens with zero attached hydrogens (tertiary/aromatic N) is 2. The Morgan fingerprint density at radius 3 is 2.81 bits per heavy atom. The number of carbonyl (C=O) groups is 1. The number of anilines is 1. The summed E-state index contributed by atoms with van der Waals surface area (Å²) in [6.45, 7) is 6.42. The zero-order valence-electron chi connectivity index (χ0n) is 18.1. The Balaban J connectivity index is 1.50. The second-order valence-electron chi connectivity index (χ2n) is 8.86. The molecule has 1 unspecified atom stereocenters. The average molecular weight is 414 g/mol. The van der Waals surface area contributed by atoms with Gasteiger partial charge in [-0.15, -0.1) is 0 Å². The normalized spacial score (nSPS) is 15.9. The highest BCUT2D eigenvalue weighted by atomic mass is 16.1. The molecule has 0 fully saturated rings. The number of amides is 1. The maximum absolute atomic E-state index is 13.3. The molecule has 2 heterocycles. The van der Waals surface area contributed by atoms with Crippen LogP contribution in [0.5, 0.6) is 0 Å². The number of H-pyrrole nitrogens is 2. The molecule has 2 aromatic carbocycles. The van der Waals surface area contributed by atoms with Gasteiger partial charge in [0, 0.05) is 22.6 Å². The van der Waals surface area contributed by atoms with Crippen molar-refractivity contribution < 1.29 is 4.79 Å². The Kier molecular flexibility index (Phi) is 4.85. The SMILES string of the molecule is CC1CCc2[nH]c3c(C(=O)Nc4ccccc4-c4n[nH]c(C(C)C)n4)cccc3c2C1. The summed E-state index contributed by atoms with van der Waals surface area (Å²) >= 11 is 0. The van der Waals surface area contributed by atoms with Gasteiger partial charge in [0.1, 0.15) is 5.82 Å². The number of fused-ring (bicyclic) bond motifs is 3. The van der Waals surface area contributed by atoms with Crippen molar-refractivity contribution in [1.82, 2.24) is 20.2 Å². The predicted molar refractivity (Wildman–Crippen MR) is 123 cm³/mol. The highest BCUT2D eigenvalue weighted by molar-refractivity contribution is 6.13. The molecule has 0 saturated carbocycles. The first-order valence-electron chi connectivity index (χ1n) is 11.0. The standard InChI is InChI=1S/C25H27N5O/c1-14(2)23-28-24(30-29-23)17-7-4-5-10-20(17)27-25(31)18-9-6-8-16-19-13-15(3)11-12-21(19)26-22(16)18/h4-10,14-15,26H,11-13H2,1-3H3,(H,27,31)(H,28,29,30). The molecule has 1 aliphatic carbocycles. The topological polar surface area (TPSA) is 86.5 Å². The Morgan fingerprint density at radius 2 is 2.00 bits per heavy atom. The van der Waals surface area contributed by atoms with Crippen LogP contribution in [-0.2, 0) is 12.8 Å². The summed E-state index contributed by atoms with van der Waals surface area (Å²) in [5.74, 6) is 2.20. The van der Waals surface area contributed by atoms with E-state index in [1.165, 1.54) is 17.7 Å². The van der Waals surface area contributed by atoms with E-state index in [-0.39, 0.29) is 11.8 Å². The third-order valence-corrected chi connectivity index (χ3v) is 6.18. The molecule has 1 atom stereocenters. The molecule has 0 saturated heterocycles. The van der Waals surface area contributed by atoms with E-state index in [0.717, 1.165) is 35.1 Å². The summed E-state index contributed by atoms with van der Waals surface area (Å²) in [5, 5.41) is 11.6. The van der Waals surface area contributed by atoms with Crippen molar-refractivity contribution in [2.45, 2.75) is 46.0 Å². The molecule has 0 bridgehead atoms. The number of hydrogen-bond donors (Lipinski definition) is 3. The van der Waals surface area contributed by atoms with Crippen LogP contribution in [0.2, 0.25) is 0 Å². The number of hydrogen-bond acceptors (Lipinski definition) is 3. The van der Waals surface area contributed by atoms with Crippen LogP contribution >= 0.6 is 0 Å². The van der Waals surface area contributed by atoms with Gasteiger partial charge in [-0.05, 0) is 48.9 Å². The summed E-state index contributed by atoms with van der Waals surface area (Å²) in [7, 11) is 0. The number of aryl methyl sites for hydroxylation is 1. The van der Waals surface area contributed by atoms with E-state index in [1.54, 1.807) is 0 Å². The number of aromatic nitrogens is 4. The lowest BCUT2D eigenvalue weighted by Gasteiger charge is -2.17. The predicted octanol–water partition coefficient (Wildman–Crippen LogP) is 5.45. The lowest BCUT2D eigenvalue weighted by molar-refractivity contribution is 0.102. The van der Waals surface area contributed by atoms with Gasteiger partial charge in [0.2, 0.25) is 0 Å². The molecule has 3 N–H and O–H groups in total. The summed E-state index contributed by atoms with van der Waals surface area (Å²) in [6.07, 6.45) is 3.29. The van der Waals surface area contributed by atoms with Gasteiger partial charge in [-0.2, -0.15) is 5.10 Å². The number of carbonyl (C=O) groups excluding carboxylic acids is 1. The third kappa shape index (κ3) is 3.52. The van der Waals surface area contributed by atoms with Gasteiger partial charge in [0.15, 0.2) is 5.82 Å². The molecule has 6 nitrogen and oxygen atoms in total. The molecule has 0 spiro atoms. The Bertz CT molecular complexity index is 1270. The van der Waals surface area contributed by atoms with Crippen molar-refractivity contribution >= 4 is 22.5 Å². The number of rotatable bonds is 4. The van der Waals surface area contributed by atoms with Crippen LogP contribution in [0.4, 0.5) is 5.69 Å². The molecule has 5 rings (SSSR count). The van der Waals surface area contributed by atoms with Gasteiger partial charge in [-0.3, -0.25) is 9.89 Å². The number of para-hydroxylation sites is 2. The number of aromatic amines is 2. The first-order valence-corrected chi connectivity index (χ1v) is 11.0. The monoisotopic (exact) mass is 413 g/mol. The minimum Gasteiger partial charge on any atom is -0.358 e. The lowest BCUT2D eigenvalue weighted by atomic mass is 9.87. The summed E-state index contributed by atoms with van der Waals surface area (Å²) in [6, 6.07) is 13.6. The molecule has 1 aliphatic rings. The maximum Gasteiger partial charge on any atom is 0.257 e. The summed E-state index contributed by atoms with van der Waals surface area (Å²) in [5.41, 5.74) is 5.72. The zero-order chi connectivity index (χ0) is 21.5. The largest absolute Gasteiger partial charge is 0.358 e. The van der Waals surface area contributed by atoms with Gasteiger partial charge in [-0.1, -0.05) is 45.0 Å². The first-order chi connectivity index (χ1) is 15.0. The van der Waals surface area contributed by atoms with E-state index >= 15 is 0 Å². The fourth-order valence-electron chi connectivity index (χ4n) is 4.43. The number of benzene rings is 2. The van der Waals surface area contributed by atoms with Crippen molar-refractivity contribution in [2.75, 3.05) is 5.32 Å². The van der Waals surface area contributed by atoms with Crippen molar-refractivity contribution in [3.63, 3.8) is 0 Å². The van der Waals surface area contributed by atoms with Crippen molar-refractivity contribution in [1.29, 1.82) is 0 Å². The van der Waals surface area contributed by atoms with E-state index in [2.05, 4.69) is 52.3 Å². The third-order valence-electron chi connectivity index (χ3n) is 6.18. The molecule has 158 valence electrons. The van der Waals surface area contributed by atoms with E-state index in [4.69, 9.17) is 0 Å². The van der Waals surface area contributed by atoms with Crippen LogP contribution in [0.15, 0.2) is 42.5 Å². The molecule has 1 amide bonds. The Morgan fingerprint density at radius 1 is 1.16 bits per heavy atom. The van der Waals surface area contributed by atoms with Crippen LogP contribution < -0.4 is 5.32 Å². The quantitative estimate of drug-likeness (QED) is 0.415. The van der Waals surface area contributed by atoms with E-state index in [9.17, 15) is 4.79 Å². The molecular weight excluding hydrogens is 386 g/mol. The summed E-state index contributed by atoms with van der Waals surface area (Å²) < 4.78 is 0. The van der Waals surface area contributed by atoms with Gasteiger partial charge in [0.05, 0.1) is 16.8 Å². The zero-order valence-corrected chi connectivity index (χ0v) is 18.1. The van der Waals surface area contributed by atoms with Gasteiger partial charge in [0.25, 0.3) is 5.91 Å². The smallest absolute Gasteiger partial charge is 0.257 e. The number of nitrogens with one attached hydrogen (secondary N) is 3. The van der Waals surface area contributed by atoms with Crippen molar-refractivity contribution in [3.8, 4) is 11.4 Å². The van der Waals surface area contributed by atoms with Crippen LogP contribution in [-0.4, -0.2) is 26.1 Å². The van der Waals surface area contributed by atoms with E-state index in [1.807, 2.05) is 36.4 Å². The van der Waals surface area contributed by atoms with E-state index < -0.39 is 0 Å². The fraction of sp³-hybridized carbons (Fsp3) is 0.320. The van der Waals surface area contributed by atoms with Crippen molar-refractivity contribution in [2.24, 2.45) is 5.92 Å². The van der Waals surface area contributed by atoms with E-state index in [0.29, 0.717) is 23.0 Å². The highest BCUT2D eigenvalue weighted by Gasteiger charge is 2.23. The molecule has 0 radical (unpaired) electrons. The maximum atomic E-state index is 13.3. The van der Waals surface area contributed by atoms with Gasteiger partial charge in [-0.25, -0.2) is 4.98 Å². The molecule has 0 aliphatic heterocycles. The highest BCUT2D eigenvalue weighted by Crippen LogP contribution is 2.33. The molecule has 6 heteroatoms. The van der Waals surface area contributed by atoms with Crippen LogP contribution in [0.3, 0.4) is 0 Å². The van der Waals surface area contributed by atoms with Crippen LogP contribution in [0.25, 0.3) is 22.3 Å². The molecule has 31 heavy (non-hydrogen) atoms. The average Bonchev–Trinajstić information content (AvgIpc) is 3.39. The fourth-order valence-corrected chi connectivity index (χ4v) is 4.43. The van der Waals surface area contributed by atoms with Gasteiger partial charge >= 0.3 is 0 Å². The minimum atomic E-state index is -0.135. The second-order valence-corrected chi connectivity index (χ2v) is 8.86. The second kappa shape index (κ2) is 7.69.